The van der Waals surface area contributed by atoms with Gasteiger partial charge in [-0.1, -0.05) is 18.2 Å². The van der Waals surface area contributed by atoms with Gasteiger partial charge in [0.1, 0.15) is 0 Å². The third-order valence-electron chi connectivity index (χ3n) is 5.31. The van der Waals surface area contributed by atoms with Crippen LogP contribution in [0.1, 0.15) is 44.7 Å². The number of nitrogens with zero attached hydrogens (tertiary/aromatic N) is 2. The fourth-order valence-corrected chi connectivity index (χ4v) is 3.79. The number of carbonyl (C=O) groups excluding carboxylic acids is 1. The van der Waals surface area contributed by atoms with Crippen molar-refractivity contribution in [3.05, 3.63) is 36.0 Å². The maximum atomic E-state index is 12.1. The van der Waals surface area contributed by atoms with Crippen molar-refractivity contribution in [2.75, 3.05) is 39.4 Å². The Kier molecular flexibility index (Phi) is 7.30. The van der Waals surface area contributed by atoms with E-state index in [9.17, 15) is 4.79 Å². The summed E-state index contributed by atoms with van der Waals surface area (Å²) in [6.07, 6.45) is 5.70. The van der Waals surface area contributed by atoms with Gasteiger partial charge in [0.05, 0.1) is 13.2 Å². The summed E-state index contributed by atoms with van der Waals surface area (Å²) >= 11 is 0. The first kappa shape index (κ1) is 19.9. The number of hydrogen-bond donors (Lipinski definition) is 1. The summed E-state index contributed by atoms with van der Waals surface area (Å²) < 4.78 is 7.68. The molecule has 1 aromatic heterocycles. The molecule has 0 unspecified atom stereocenters. The minimum Gasteiger partial charge on any atom is -0.379 e. The number of aryl methyl sites for hydroxylation is 1. The average molecular weight is 372 g/mol. The SMILES string of the molecule is CC(C)n1cc(CCCC(=O)NCCCN2CCOCC2)c2ccccc21. The number of para-hydroxylation sites is 1. The summed E-state index contributed by atoms with van der Waals surface area (Å²) in [5.74, 6) is 0.171. The van der Waals surface area contributed by atoms with Crippen LogP contribution in [0, 0.1) is 0 Å². The van der Waals surface area contributed by atoms with E-state index >= 15 is 0 Å². The highest BCUT2D eigenvalue weighted by molar-refractivity contribution is 5.84. The van der Waals surface area contributed by atoms with Crippen LogP contribution in [0.4, 0.5) is 0 Å². The number of morpholine rings is 1. The molecule has 1 aliphatic heterocycles. The van der Waals surface area contributed by atoms with E-state index in [0.29, 0.717) is 12.5 Å². The molecule has 0 bridgehead atoms. The average Bonchev–Trinajstić information content (AvgIpc) is 3.05. The Labute approximate surface area is 162 Å². The van der Waals surface area contributed by atoms with E-state index in [4.69, 9.17) is 4.74 Å². The molecule has 2 aromatic rings. The zero-order valence-corrected chi connectivity index (χ0v) is 16.7. The molecule has 0 spiro atoms. The van der Waals surface area contributed by atoms with Crippen LogP contribution < -0.4 is 5.32 Å². The van der Waals surface area contributed by atoms with E-state index in [1.165, 1.54) is 16.5 Å². The Hall–Kier alpha value is -1.85. The van der Waals surface area contributed by atoms with Gasteiger partial charge >= 0.3 is 0 Å². The molecule has 2 heterocycles. The standard InChI is InChI=1S/C22H33N3O2/c1-18(2)25-17-19(20-8-3-4-9-21(20)25)7-5-10-22(26)23-11-6-12-24-13-15-27-16-14-24/h3-4,8-9,17-18H,5-7,10-16H2,1-2H3,(H,23,26). The van der Waals surface area contributed by atoms with E-state index in [2.05, 4.69) is 59.1 Å². The zero-order valence-electron chi connectivity index (χ0n) is 16.7. The van der Waals surface area contributed by atoms with Gasteiger partial charge in [0.2, 0.25) is 5.91 Å². The summed E-state index contributed by atoms with van der Waals surface area (Å²) in [5, 5.41) is 4.38. The lowest BCUT2D eigenvalue weighted by Crippen LogP contribution is -2.38. The van der Waals surface area contributed by atoms with Crippen molar-refractivity contribution in [2.45, 2.75) is 45.6 Å². The quantitative estimate of drug-likeness (QED) is 0.688. The lowest BCUT2D eigenvalue weighted by molar-refractivity contribution is -0.121. The van der Waals surface area contributed by atoms with E-state index in [1.54, 1.807) is 0 Å². The fraction of sp³-hybridized carbons (Fsp3) is 0.591. The Morgan fingerprint density at radius 2 is 1.96 bits per heavy atom. The highest BCUT2D eigenvalue weighted by atomic mass is 16.5. The van der Waals surface area contributed by atoms with Gasteiger partial charge in [-0.25, -0.2) is 0 Å². The number of fused-ring (bicyclic) bond motifs is 1. The monoisotopic (exact) mass is 371 g/mol. The molecule has 27 heavy (non-hydrogen) atoms. The van der Waals surface area contributed by atoms with Crippen LogP contribution in [-0.4, -0.2) is 54.8 Å². The molecular weight excluding hydrogens is 338 g/mol. The lowest BCUT2D eigenvalue weighted by Gasteiger charge is -2.26. The minimum absolute atomic E-state index is 0.171. The number of ether oxygens (including phenoxy) is 1. The molecule has 1 fully saturated rings. The molecule has 0 saturated carbocycles. The van der Waals surface area contributed by atoms with E-state index < -0.39 is 0 Å². The number of rotatable bonds is 9. The van der Waals surface area contributed by atoms with Crippen molar-refractivity contribution in [2.24, 2.45) is 0 Å². The van der Waals surface area contributed by atoms with Crippen molar-refractivity contribution in [3.63, 3.8) is 0 Å². The van der Waals surface area contributed by atoms with Gasteiger partial charge in [-0.15, -0.1) is 0 Å². The first-order valence-electron chi connectivity index (χ1n) is 10.3. The summed E-state index contributed by atoms with van der Waals surface area (Å²) in [4.78, 5) is 14.5. The second-order valence-corrected chi connectivity index (χ2v) is 7.68. The highest BCUT2D eigenvalue weighted by Crippen LogP contribution is 2.25. The smallest absolute Gasteiger partial charge is 0.220 e. The van der Waals surface area contributed by atoms with Crippen LogP contribution in [0.25, 0.3) is 10.9 Å². The number of carbonyl (C=O) groups is 1. The van der Waals surface area contributed by atoms with Gasteiger partial charge in [0.15, 0.2) is 0 Å². The molecule has 5 heteroatoms. The molecule has 0 atom stereocenters. The van der Waals surface area contributed by atoms with Crippen LogP contribution in [0.3, 0.4) is 0 Å². The van der Waals surface area contributed by atoms with E-state index in [1.807, 2.05) is 0 Å². The maximum Gasteiger partial charge on any atom is 0.220 e. The van der Waals surface area contributed by atoms with Crippen molar-refractivity contribution in [3.8, 4) is 0 Å². The predicted octanol–water partition coefficient (Wildman–Crippen LogP) is 3.38. The van der Waals surface area contributed by atoms with Gasteiger partial charge in [-0.05, 0) is 51.3 Å². The number of amides is 1. The normalized spacial score (nSPS) is 15.5. The number of aromatic nitrogens is 1. The topological polar surface area (TPSA) is 46.5 Å². The molecule has 1 saturated heterocycles. The largest absolute Gasteiger partial charge is 0.379 e. The van der Waals surface area contributed by atoms with Crippen molar-refractivity contribution < 1.29 is 9.53 Å². The maximum absolute atomic E-state index is 12.1. The molecule has 0 radical (unpaired) electrons. The van der Waals surface area contributed by atoms with Crippen molar-refractivity contribution in [1.82, 2.24) is 14.8 Å². The Bertz CT molecular complexity index is 732. The van der Waals surface area contributed by atoms with Crippen LogP contribution in [-0.2, 0) is 16.0 Å². The van der Waals surface area contributed by atoms with Gasteiger partial charge in [-0.2, -0.15) is 0 Å². The van der Waals surface area contributed by atoms with Gasteiger partial charge in [0, 0.05) is 49.2 Å². The second-order valence-electron chi connectivity index (χ2n) is 7.68. The third kappa shape index (κ3) is 5.56. The summed E-state index contributed by atoms with van der Waals surface area (Å²) in [5.41, 5.74) is 2.63. The van der Waals surface area contributed by atoms with Crippen LogP contribution >= 0.6 is 0 Å². The molecule has 5 nitrogen and oxygen atoms in total. The third-order valence-corrected chi connectivity index (χ3v) is 5.31. The Balaban J connectivity index is 1.39. The molecule has 3 rings (SSSR count). The van der Waals surface area contributed by atoms with E-state index in [0.717, 1.165) is 58.7 Å². The molecular formula is C22H33N3O2. The highest BCUT2D eigenvalue weighted by Gasteiger charge is 2.11. The molecule has 1 aromatic carbocycles. The Morgan fingerprint density at radius 3 is 2.74 bits per heavy atom. The van der Waals surface area contributed by atoms with Crippen LogP contribution in [0.15, 0.2) is 30.5 Å². The molecule has 1 N–H and O–H groups in total. The Morgan fingerprint density at radius 1 is 1.19 bits per heavy atom. The van der Waals surface area contributed by atoms with Gasteiger partial charge in [-0.3, -0.25) is 9.69 Å². The predicted molar refractivity (Wildman–Crippen MR) is 110 cm³/mol. The molecule has 1 amide bonds. The second kappa shape index (κ2) is 9.90. The molecule has 0 aliphatic carbocycles. The number of benzene rings is 1. The van der Waals surface area contributed by atoms with Crippen molar-refractivity contribution in [1.29, 1.82) is 0 Å². The van der Waals surface area contributed by atoms with E-state index in [-0.39, 0.29) is 5.91 Å². The lowest BCUT2D eigenvalue weighted by atomic mass is 10.1. The van der Waals surface area contributed by atoms with Gasteiger partial charge < -0.3 is 14.6 Å². The zero-order chi connectivity index (χ0) is 19.1. The number of hydrogen-bond acceptors (Lipinski definition) is 3. The summed E-state index contributed by atoms with van der Waals surface area (Å²) in [6, 6.07) is 9.00. The number of nitrogens with one attached hydrogen (secondary N) is 1. The summed E-state index contributed by atoms with van der Waals surface area (Å²) in [6.45, 7) is 9.91. The summed E-state index contributed by atoms with van der Waals surface area (Å²) in [7, 11) is 0. The van der Waals surface area contributed by atoms with Crippen molar-refractivity contribution >= 4 is 16.8 Å². The van der Waals surface area contributed by atoms with Crippen LogP contribution in [0.2, 0.25) is 0 Å². The van der Waals surface area contributed by atoms with Crippen LogP contribution in [0.5, 0.6) is 0 Å². The minimum atomic E-state index is 0.171. The molecule has 148 valence electrons. The first-order valence-corrected chi connectivity index (χ1v) is 10.3. The first-order chi connectivity index (χ1) is 13.1. The fourth-order valence-electron chi connectivity index (χ4n) is 3.79. The van der Waals surface area contributed by atoms with Gasteiger partial charge in [0.25, 0.3) is 0 Å². The molecule has 1 aliphatic rings.